The van der Waals surface area contributed by atoms with Crippen molar-refractivity contribution in [2.24, 2.45) is 10.9 Å². The summed E-state index contributed by atoms with van der Waals surface area (Å²) in [6.07, 6.45) is 1.63. The standard InChI is InChI=1S/C66H46N2O/c1-3-58(45-34-32-43(33-35-45)42-18-5-4-6-19-42)67-66(56-30-17-25-44-20-11-12-26-50(44)56)40-57(66)41(2)62-51-27-13-14-28-52(51)64(63-53-29-15-16-31-61(53)69-65(62)63)68-59-38-48-23-9-7-21-46(48)36-54(59)55-37-47-22-8-10-24-49(47)39-60(55)68/h4-39,57H,2-3,40H2,1H3. The summed E-state index contributed by atoms with van der Waals surface area (Å²) < 4.78 is 9.78. The van der Waals surface area contributed by atoms with Crippen molar-refractivity contribution in [1.29, 1.82) is 0 Å². The number of aliphatic imine (C=N–C) groups is 1. The topological polar surface area (TPSA) is 30.4 Å². The summed E-state index contributed by atoms with van der Waals surface area (Å²) in [5, 5.41) is 14.2. The van der Waals surface area contributed by atoms with Gasteiger partial charge in [0.1, 0.15) is 11.2 Å². The van der Waals surface area contributed by atoms with Crippen LogP contribution in [0.4, 0.5) is 0 Å². The first-order chi connectivity index (χ1) is 34.1. The quantitative estimate of drug-likeness (QED) is 0.140. The summed E-state index contributed by atoms with van der Waals surface area (Å²) in [5.41, 5.74) is 12.6. The molecule has 0 spiro atoms. The molecule has 2 atom stereocenters. The second-order valence-electron chi connectivity index (χ2n) is 18.9. The van der Waals surface area contributed by atoms with Gasteiger partial charge in [-0.1, -0.05) is 202 Å². The molecule has 2 heterocycles. The van der Waals surface area contributed by atoms with Crippen molar-refractivity contribution in [3.63, 3.8) is 0 Å². The van der Waals surface area contributed by atoms with Gasteiger partial charge in [0.25, 0.3) is 0 Å². The van der Waals surface area contributed by atoms with Crippen molar-refractivity contribution in [3.05, 3.63) is 242 Å². The lowest BCUT2D eigenvalue weighted by Gasteiger charge is -2.22. The molecule has 2 unspecified atom stereocenters. The van der Waals surface area contributed by atoms with E-state index in [1.807, 2.05) is 0 Å². The number of hydrogen-bond acceptors (Lipinski definition) is 2. The summed E-state index contributed by atoms with van der Waals surface area (Å²) in [6, 6.07) is 79.5. The molecule has 13 aromatic rings. The van der Waals surface area contributed by atoms with E-state index >= 15 is 0 Å². The molecule has 0 bridgehead atoms. The fourth-order valence-electron chi connectivity index (χ4n) is 11.8. The van der Waals surface area contributed by atoms with Gasteiger partial charge in [0.2, 0.25) is 0 Å². The van der Waals surface area contributed by atoms with Crippen LogP contribution in [0.15, 0.2) is 234 Å². The van der Waals surface area contributed by atoms with Crippen molar-refractivity contribution < 1.29 is 4.42 Å². The average molecular weight is 883 g/mol. The predicted molar refractivity (Wildman–Crippen MR) is 292 cm³/mol. The number of fused-ring (bicyclic) bond motifs is 10. The van der Waals surface area contributed by atoms with Gasteiger partial charge >= 0.3 is 0 Å². The van der Waals surface area contributed by atoms with Gasteiger partial charge in [-0.3, -0.25) is 4.99 Å². The minimum atomic E-state index is -0.547. The van der Waals surface area contributed by atoms with E-state index in [9.17, 15) is 0 Å². The summed E-state index contributed by atoms with van der Waals surface area (Å²) >= 11 is 0. The van der Waals surface area contributed by atoms with E-state index in [0.717, 1.165) is 84.7 Å². The minimum absolute atomic E-state index is 0.00471. The molecule has 0 N–H and O–H groups in total. The lowest BCUT2D eigenvalue weighted by molar-refractivity contribution is 0.666. The Labute approximate surface area is 399 Å². The molecule has 1 fully saturated rings. The van der Waals surface area contributed by atoms with E-state index in [4.69, 9.17) is 16.0 Å². The molecule has 3 nitrogen and oxygen atoms in total. The summed E-state index contributed by atoms with van der Waals surface area (Å²) in [4.78, 5) is 5.96. The first kappa shape index (κ1) is 39.6. The fraction of sp³-hybridized carbons (Fsp3) is 0.0758. The lowest BCUT2D eigenvalue weighted by atomic mass is 9.88. The number of rotatable bonds is 8. The molecule has 0 amide bonds. The van der Waals surface area contributed by atoms with Crippen LogP contribution in [0, 0.1) is 5.92 Å². The predicted octanol–water partition coefficient (Wildman–Crippen LogP) is 17.8. The largest absolute Gasteiger partial charge is 0.455 e. The molecule has 1 aliphatic rings. The van der Waals surface area contributed by atoms with Crippen molar-refractivity contribution >= 4 is 98.1 Å². The van der Waals surface area contributed by atoms with E-state index in [0.29, 0.717) is 0 Å². The third-order valence-corrected chi connectivity index (χ3v) is 15.2. The van der Waals surface area contributed by atoms with E-state index in [-0.39, 0.29) is 5.92 Å². The van der Waals surface area contributed by atoms with Crippen molar-refractivity contribution in [1.82, 2.24) is 4.57 Å². The second kappa shape index (κ2) is 15.2. The minimum Gasteiger partial charge on any atom is -0.455 e. The highest BCUT2D eigenvalue weighted by atomic mass is 16.3. The van der Waals surface area contributed by atoms with Gasteiger partial charge in [0, 0.05) is 38.7 Å². The molecule has 69 heavy (non-hydrogen) atoms. The average Bonchev–Trinajstić information content (AvgIpc) is 3.90. The van der Waals surface area contributed by atoms with Crippen LogP contribution in [0.3, 0.4) is 0 Å². The number of hydrogen-bond donors (Lipinski definition) is 0. The fourth-order valence-corrected chi connectivity index (χ4v) is 11.8. The van der Waals surface area contributed by atoms with Gasteiger partial charge in [-0.2, -0.15) is 0 Å². The van der Waals surface area contributed by atoms with Crippen LogP contribution in [0.25, 0.3) is 109 Å². The molecule has 11 aromatic carbocycles. The Kier molecular flexibility index (Phi) is 8.76. The van der Waals surface area contributed by atoms with Crippen LogP contribution in [0.2, 0.25) is 0 Å². The highest BCUT2D eigenvalue weighted by Gasteiger charge is 2.58. The molecule has 3 heteroatoms. The van der Waals surface area contributed by atoms with Gasteiger partial charge in [-0.05, 0) is 109 Å². The molecule has 2 aromatic heterocycles. The maximum Gasteiger partial charge on any atom is 0.145 e. The molecule has 0 radical (unpaired) electrons. The Bertz CT molecular complexity index is 4190. The van der Waals surface area contributed by atoms with Crippen molar-refractivity contribution in [2.75, 3.05) is 0 Å². The van der Waals surface area contributed by atoms with Gasteiger partial charge in [0.05, 0.1) is 27.6 Å². The molecule has 1 aliphatic carbocycles. The maximum atomic E-state index is 7.25. The highest BCUT2D eigenvalue weighted by Crippen LogP contribution is 2.64. The first-order valence-electron chi connectivity index (χ1n) is 24.2. The Morgan fingerprint density at radius 3 is 1.74 bits per heavy atom. The molecule has 0 saturated heterocycles. The van der Waals surface area contributed by atoms with E-state index in [2.05, 4.69) is 230 Å². The lowest BCUT2D eigenvalue weighted by Crippen LogP contribution is -2.14. The monoisotopic (exact) mass is 882 g/mol. The zero-order valence-corrected chi connectivity index (χ0v) is 38.3. The van der Waals surface area contributed by atoms with Crippen LogP contribution >= 0.6 is 0 Å². The molecule has 326 valence electrons. The van der Waals surface area contributed by atoms with Crippen LogP contribution in [-0.4, -0.2) is 10.3 Å². The zero-order chi connectivity index (χ0) is 45.8. The third kappa shape index (κ3) is 6.03. The number of nitrogens with zero attached hydrogens (tertiary/aromatic N) is 2. The second-order valence-corrected chi connectivity index (χ2v) is 18.9. The third-order valence-electron chi connectivity index (χ3n) is 15.2. The number of furan rings is 1. The smallest absolute Gasteiger partial charge is 0.145 e. The zero-order valence-electron chi connectivity index (χ0n) is 38.3. The maximum absolute atomic E-state index is 7.25. The molecule has 14 rings (SSSR count). The summed E-state index contributed by atoms with van der Waals surface area (Å²) in [7, 11) is 0. The Morgan fingerprint density at radius 1 is 0.536 bits per heavy atom. The Morgan fingerprint density at radius 2 is 1.07 bits per heavy atom. The van der Waals surface area contributed by atoms with E-state index in [1.54, 1.807) is 0 Å². The molecule has 1 saturated carbocycles. The molecule has 0 aliphatic heterocycles. The van der Waals surface area contributed by atoms with Crippen LogP contribution in [-0.2, 0) is 5.54 Å². The number of aromatic nitrogens is 1. The molecular weight excluding hydrogens is 837 g/mol. The normalized spacial score (nSPS) is 16.2. The number of para-hydroxylation sites is 1. The van der Waals surface area contributed by atoms with Crippen LogP contribution in [0.1, 0.15) is 36.5 Å². The van der Waals surface area contributed by atoms with Crippen LogP contribution in [0.5, 0.6) is 0 Å². The highest BCUT2D eigenvalue weighted by molar-refractivity contribution is 6.25. The van der Waals surface area contributed by atoms with E-state index in [1.165, 1.54) is 59.8 Å². The molecular formula is C66H46N2O. The van der Waals surface area contributed by atoms with Gasteiger partial charge in [-0.15, -0.1) is 0 Å². The van der Waals surface area contributed by atoms with Gasteiger partial charge < -0.3 is 8.98 Å². The van der Waals surface area contributed by atoms with Gasteiger partial charge in [-0.25, -0.2) is 0 Å². The summed E-state index contributed by atoms with van der Waals surface area (Å²) in [5.74, 6) is 0.00471. The van der Waals surface area contributed by atoms with Crippen molar-refractivity contribution in [3.8, 4) is 16.8 Å². The number of benzene rings is 11. The van der Waals surface area contributed by atoms with E-state index < -0.39 is 5.54 Å². The van der Waals surface area contributed by atoms with Gasteiger partial charge in [0.15, 0.2) is 0 Å². The first-order valence-corrected chi connectivity index (χ1v) is 24.2. The Hall–Kier alpha value is -8.53. The van der Waals surface area contributed by atoms with Crippen molar-refractivity contribution in [2.45, 2.75) is 25.3 Å². The van der Waals surface area contributed by atoms with Crippen LogP contribution < -0.4 is 0 Å². The summed E-state index contributed by atoms with van der Waals surface area (Å²) in [6.45, 7) is 7.37. The SMILES string of the molecule is C=C(c1c2ccccc2c(-n2c3cc4ccccc4cc3c3cc4ccccc4cc32)c2c1oc1ccccc12)C1CC1(N=C(CC)c1ccc(-c2ccccc2)cc1)c1cccc2ccccc12. The Balaban J connectivity index is 1.02.